The largest absolute Gasteiger partial charge is 0.339 e. The Morgan fingerprint density at radius 3 is 2.93 bits per heavy atom. The molecule has 1 aliphatic carbocycles. The van der Waals surface area contributed by atoms with E-state index < -0.39 is 0 Å². The molecule has 0 radical (unpaired) electrons. The first-order valence-electron chi connectivity index (χ1n) is 5.76. The Hall–Kier alpha value is -0.570. The Morgan fingerprint density at radius 2 is 2.33 bits per heavy atom. The summed E-state index contributed by atoms with van der Waals surface area (Å²) in [5, 5.41) is 3.84. The summed E-state index contributed by atoms with van der Waals surface area (Å²) in [6.45, 7) is 2.10. The number of rotatable bonds is 5. The van der Waals surface area contributed by atoms with Crippen LogP contribution in [0, 0.1) is 5.92 Å². The average molecular weight is 229 g/mol. The van der Waals surface area contributed by atoms with Crippen molar-refractivity contribution in [3.05, 3.63) is 11.7 Å². The molecule has 1 saturated carbocycles. The maximum atomic E-state index is 6.12. The predicted octanol–water partition coefficient (Wildman–Crippen LogP) is 3.49. The molecule has 1 unspecified atom stereocenters. The molecule has 15 heavy (non-hydrogen) atoms. The van der Waals surface area contributed by atoms with E-state index >= 15 is 0 Å². The second-order valence-electron chi connectivity index (χ2n) is 4.30. The van der Waals surface area contributed by atoms with Gasteiger partial charge in [-0.2, -0.15) is 4.98 Å². The molecule has 1 atom stereocenters. The molecule has 1 aromatic heterocycles. The van der Waals surface area contributed by atoms with Crippen LogP contribution in [0.2, 0.25) is 0 Å². The molecule has 0 saturated heterocycles. The lowest BCUT2D eigenvalue weighted by Crippen LogP contribution is -2.13. The lowest BCUT2D eigenvalue weighted by molar-refractivity contribution is 0.273. The van der Waals surface area contributed by atoms with Gasteiger partial charge < -0.3 is 4.52 Å². The third-order valence-corrected chi connectivity index (χ3v) is 3.41. The Kier molecular flexibility index (Phi) is 3.62. The molecule has 1 heterocycles. The molecular formula is C11H17ClN2O. The van der Waals surface area contributed by atoms with Gasteiger partial charge in [-0.15, -0.1) is 11.6 Å². The maximum Gasteiger partial charge on any atom is 0.226 e. The smallest absolute Gasteiger partial charge is 0.226 e. The molecule has 1 aromatic rings. The summed E-state index contributed by atoms with van der Waals surface area (Å²) in [6.07, 6.45) is 6.83. The molecule has 1 fully saturated rings. The fraction of sp³-hybridized carbons (Fsp3) is 0.818. The molecule has 0 aliphatic heterocycles. The minimum Gasteiger partial charge on any atom is -0.339 e. The van der Waals surface area contributed by atoms with Crippen LogP contribution in [0.5, 0.6) is 0 Å². The molecule has 0 amide bonds. The molecular weight excluding hydrogens is 212 g/mol. The van der Waals surface area contributed by atoms with E-state index in [0.717, 1.165) is 31.1 Å². The van der Waals surface area contributed by atoms with Crippen LogP contribution in [0.1, 0.15) is 56.1 Å². The van der Waals surface area contributed by atoms with E-state index in [1.807, 2.05) is 0 Å². The zero-order valence-electron chi connectivity index (χ0n) is 9.08. The van der Waals surface area contributed by atoms with Gasteiger partial charge in [0.15, 0.2) is 5.82 Å². The van der Waals surface area contributed by atoms with Crippen LogP contribution in [-0.4, -0.2) is 10.1 Å². The fourth-order valence-electron chi connectivity index (χ4n) is 1.80. The summed E-state index contributed by atoms with van der Waals surface area (Å²) >= 11 is 6.12. The van der Waals surface area contributed by atoms with Gasteiger partial charge in [0.05, 0.1) is 5.38 Å². The molecule has 2 rings (SSSR count). The summed E-state index contributed by atoms with van der Waals surface area (Å²) < 4.78 is 5.19. The number of hydrogen-bond donors (Lipinski definition) is 0. The normalized spacial score (nSPS) is 18.8. The minimum absolute atomic E-state index is 0.0890. The van der Waals surface area contributed by atoms with E-state index in [1.165, 1.54) is 19.3 Å². The van der Waals surface area contributed by atoms with Crippen molar-refractivity contribution in [2.24, 2.45) is 5.92 Å². The highest BCUT2D eigenvalue weighted by molar-refractivity contribution is 6.20. The van der Waals surface area contributed by atoms with Crippen LogP contribution in [0.4, 0.5) is 0 Å². The van der Waals surface area contributed by atoms with Gasteiger partial charge in [0.25, 0.3) is 0 Å². The van der Waals surface area contributed by atoms with Gasteiger partial charge in [0.2, 0.25) is 5.89 Å². The standard InChI is InChI=1S/C11H17ClN2O/c1-2-4-9(12)11-13-10(15-14-11)7-8-5-3-6-8/h8-9H,2-7H2,1H3. The van der Waals surface area contributed by atoms with E-state index in [1.54, 1.807) is 0 Å². The lowest BCUT2D eigenvalue weighted by atomic mass is 9.83. The van der Waals surface area contributed by atoms with Crippen LogP contribution in [-0.2, 0) is 6.42 Å². The van der Waals surface area contributed by atoms with Gasteiger partial charge in [0, 0.05) is 6.42 Å². The van der Waals surface area contributed by atoms with Crippen LogP contribution in [0.3, 0.4) is 0 Å². The fourth-order valence-corrected chi connectivity index (χ4v) is 2.11. The highest BCUT2D eigenvalue weighted by Gasteiger charge is 2.22. The molecule has 0 bridgehead atoms. The summed E-state index contributed by atoms with van der Waals surface area (Å²) in [7, 11) is 0. The molecule has 0 aromatic carbocycles. The second-order valence-corrected chi connectivity index (χ2v) is 4.83. The Bertz CT molecular complexity index is 309. The highest BCUT2D eigenvalue weighted by atomic mass is 35.5. The van der Waals surface area contributed by atoms with Gasteiger partial charge in [0.1, 0.15) is 0 Å². The zero-order valence-corrected chi connectivity index (χ0v) is 9.83. The third kappa shape index (κ3) is 2.71. The van der Waals surface area contributed by atoms with Crippen molar-refractivity contribution in [3.63, 3.8) is 0 Å². The van der Waals surface area contributed by atoms with E-state index in [-0.39, 0.29) is 5.38 Å². The van der Waals surface area contributed by atoms with Gasteiger partial charge in [-0.1, -0.05) is 24.9 Å². The average Bonchev–Trinajstić information content (AvgIpc) is 2.60. The van der Waals surface area contributed by atoms with Crippen LogP contribution in [0.25, 0.3) is 0 Å². The van der Waals surface area contributed by atoms with Gasteiger partial charge in [-0.05, 0) is 25.2 Å². The topological polar surface area (TPSA) is 38.9 Å². The predicted molar refractivity (Wildman–Crippen MR) is 58.8 cm³/mol. The first-order chi connectivity index (χ1) is 7.29. The van der Waals surface area contributed by atoms with E-state index in [4.69, 9.17) is 16.1 Å². The van der Waals surface area contributed by atoms with Crippen molar-refractivity contribution in [1.82, 2.24) is 10.1 Å². The second kappa shape index (κ2) is 4.97. The summed E-state index contributed by atoms with van der Waals surface area (Å²) in [5.74, 6) is 2.18. The van der Waals surface area contributed by atoms with Crippen molar-refractivity contribution in [2.75, 3.05) is 0 Å². The van der Waals surface area contributed by atoms with E-state index in [2.05, 4.69) is 17.1 Å². The number of hydrogen-bond acceptors (Lipinski definition) is 3. The van der Waals surface area contributed by atoms with Crippen LogP contribution < -0.4 is 0 Å². The molecule has 0 N–H and O–H groups in total. The first-order valence-corrected chi connectivity index (χ1v) is 6.19. The van der Waals surface area contributed by atoms with Crippen LogP contribution >= 0.6 is 11.6 Å². The highest BCUT2D eigenvalue weighted by Crippen LogP contribution is 2.30. The van der Waals surface area contributed by atoms with Crippen molar-refractivity contribution >= 4 is 11.6 Å². The molecule has 4 heteroatoms. The SMILES string of the molecule is CCCC(Cl)c1noc(CC2CCC2)n1. The van der Waals surface area contributed by atoms with Crippen LogP contribution in [0.15, 0.2) is 4.52 Å². The first kappa shape index (κ1) is 10.9. The maximum absolute atomic E-state index is 6.12. The lowest BCUT2D eigenvalue weighted by Gasteiger charge is -2.23. The van der Waals surface area contributed by atoms with Gasteiger partial charge >= 0.3 is 0 Å². The number of halogens is 1. The van der Waals surface area contributed by atoms with Gasteiger partial charge in [-0.3, -0.25) is 0 Å². The molecule has 3 nitrogen and oxygen atoms in total. The molecule has 84 valence electrons. The molecule has 1 aliphatic rings. The molecule has 0 spiro atoms. The monoisotopic (exact) mass is 228 g/mol. The Labute approximate surface area is 95.2 Å². The number of alkyl halides is 1. The van der Waals surface area contributed by atoms with E-state index in [9.17, 15) is 0 Å². The summed E-state index contributed by atoms with van der Waals surface area (Å²) in [5.41, 5.74) is 0. The minimum atomic E-state index is -0.0890. The van der Waals surface area contributed by atoms with Crippen molar-refractivity contribution < 1.29 is 4.52 Å². The number of aromatic nitrogens is 2. The van der Waals surface area contributed by atoms with Gasteiger partial charge in [-0.25, -0.2) is 0 Å². The third-order valence-electron chi connectivity index (χ3n) is 2.99. The van der Waals surface area contributed by atoms with Crippen molar-refractivity contribution in [2.45, 2.75) is 50.8 Å². The number of nitrogens with zero attached hydrogens (tertiary/aromatic N) is 2. The summed E-state index contributed by atoms with van der Waals surface area (Å²) in [4.78, 5) is 4.34. The quantitative estimate of drug-likeness (QED) is 0.725. The van der Waals surface area contributed by atoms with Crippen molar-refractivity contribution in [1.29, 1.82) is 0 Å². The zero-order chi connectivity index (χ0) is 10.7. The van der Waals surface area contributed by atoms with E-state index in [0.29, 0.717) is 5.82 Å². The summed E-state index contributed by atoms with van der Waals surface area (Å²) in [6, 6.07) is 0. The Balaban J connectivity index is 1.90. The Morgan fingerprint density at radius 1 is 1.53 bits per heavy atom. The van der Waals surface area contributed by atoms with Crippen molar-refractivity contribution in [3.8, 4) is 0 Å².